The third-order valence-corrected chi connectivity index (χ3v) is 4.29. The van der Waals surface area contributed by atoms with Crippen LogP contribution in [0.4, 0.5) is 0 Å². The third kappa shape index (κ3) is 2.47. The lowest BCUT2D eigenvalue weighted by atomic mass is 10.1. The minimum Gasteiger partial charge on any atom is -0.464 e. The largest absolute Gasteiger partial charge is 0.464 e. The van der Waals surface area contributed by atoms with Crippen molar-refractivity contribution in [3.05, 3.63) is 52.9 Å². The van der Waals surface area contributed by atoms with Crippen molar-refractivity contribution in [3.8, 4) is 11.1 Å². The number of hydrogen-bond donors (Lipinski definition) is 0. The molecule has 0 atom stereocenters. The minimum absolute atomic E-state index is 0.402. The number of nitrogens with zero attached hydrogens (tertiary/aromatic N) is 3. The molecule has 3 aromatic rings. The van der Waals surface area contributed by atoms with E-state index in [-0.39, 0.29) is 0 Å². The van der Waals surface area contributed by atoms with Crippen LogP contribution >= 0.6 is 11.6 Å². The highest BCUT2D eigenvalue weighted by atomic mass is 35.5. The van der Waals surface area contributed by atoms with Gasteiger partial charge in [-0.15, -0.1) is 0 Å². The number of fused-ring (bicyclic) bond motifs is 1. The lowest BCUT2D eigenvalue weighted by Gasteiger charge is -2.07. The van der Waals surface area contributed by atoms with Gasteiger partial charge in [-0.3, -0.25) is 0 Å². The van der Waals surface area contributed by atoms with E-state index in [4.69, 9.17) is 21.3 Å². The summed E-state index contributed by atoms with van der Waals surface area (Å²) in [6.45, 7) is 0. The molecule has 0 amide bonds. The summed E-state index contributed by atoms with van der Waals surface area (Å²) in [5.74, 6) is 0.0152. The van der Waals surface area contributed by atoms with Gasteiger partial charge in [0.2, 0.25) is 0 Å². The van der Waals surface area contributed by atoms with Crippen LogP contribution in [-0.4, -0.2) is 27.7 Å². The molecule has 6 heteroatoms. The molecule has 0 spiro atoms. The molecule has 2 aromatic heterocycles. The average molecular weight is 328 g/mol. The van der Waals surface area contributed by atoms with Crippen molar-refractivity contribution >= 4 is 23.2 Å². The molecule has 5 nitrogen and oxygen atoms in total. The second-order valence-corrected chi connectivity index (χ2v) is 6.07. The van der Waals surface area contributed by atoms with E-state index in [1.807, 2.05) is 24.3 Å². The van der Waals surface area contributed by atoms with Gasteiger partial charge in [-0.25, -0.2) is 14.3 Å². The standard InChI is InChI=1S/C17H14ClN3O2/c1-23-17(22)15-8-14(11-2-3-11)20-16-13(9-19-21(15)16)10-4-6-12(18)7-5-10/h4-9,11H,2-3H2,1H3. The van der Waals surface area contributed by atoms with Gasteiger partial charge >= 0.3 is 5.97 Å². The number of carbonyl (C=O) groups excluding carboxylic acids is 1. The molecule has 0 bridgehead atoms. The molecule has 0 radical (unpaired) electrons. The van der Waals surface area contributed by atoms with Gasteiger partial charge in [-0.05, 0) is 36.6 Å². The topological polar surface area (TPSA) is 56.5 Å². The predicted molar refractivity (Wildman–Crippen MR) is 86.7 cm³/mol. The Hall–Kier alpha value is -2.40. The molecular weight excluding hydrogens is 314 g/mol. The van der Waals surface area contributed by atoms with Crippen LogP contribution in [0.3, 0.4) is 0 Å². The molecule has 0 unspecified atom stereocenters. The number of carbonyl (C=O) groups is 1. The van der Waals surface area contributed by atoms with Crippen molar-refractivity contribution in [3.63, 3.8) is 0 Å². The van der Waals surface area contributed by atoms with E-state index in [0.29, 0.717) is 22.3 Å². The van der Waals surface area contributed by atoms with E-state index < -0.39 is 5.97 Å². The van der Waals surface area contributed by atoms with Crippen LogP contribution in [0, 0.1) is 0 Å². The summed E-state index contributed by atoms with van der Waals surface area (Å²) < 4.78 is 6.43. The SMILES string of the molecule is COC(=O)c1cc(C2CC2)nc2c(-c3ccc(Cl)cc3)cnn12. The second-order valence-electron chi connectivity index (χ2n) is 5.63. The van der Waals surface area contributed by atoms with E-state index in [2.05, 4.69) is 5.10 Å². The average Bonchev–Trinajstić information content (AvgIpc) is 3.34. The number of benzene rings is 1. The fraction of sp³-hybridized carbons (Fsp3) is 0.235. The number of methoxy groups -OCH3 is 1. The maximum atomic E-state index is 12.1. The number of halogens is 1. The fourth-order valence-corrected chi connectivity index (χ4v) is 2.78. The van der Waals surface area contributed by atoms with Gasteiger partial charge in [0, 0.05) is 22.2 Å². The van der Waals surface area contributed by atoms with Crippen LogP contribution in [0.25, 0.3) is 16.8 Å². The van der Waals surface area contributed by atoms with Crippen molar-refractivity contribution in [2.24, 2.45) is 0 Å². The van der Waals surface area contributed by atoms with Crippen molar-refractivity contribution in [1.29, 1.82) is 0 Å². The summed E-state index contributed by atoms with van der Waals surface area (Å²) in [7, 11) is 1.37. The van der Waals surface area contributed by atoms with Crippen molar-refractivity contribution in [2.75, 3.05) is 7.11 Å². The highest BCUT2D eigenvalue weighted by molar-refractivity contribution is 6.30. The van der Waals surface area contributed by atoms with Crippen molar-refractivity contribution < 1.29 is 9.53 Å². The Morgan fingerprint density at radius 3 is 2.70 bits per heavy atom. The third-order valence-electron chi connectivity index (χ3n) is 4.04. The lowest BCUT2D eigenvalue weighted by molar-refractivity contribution is 0.0590. The second kappa shape index (κ2) is 5.35. The van der Waals surface area contributed by atoms with E-state index >= 15 is 0 Å². The Kier molecular flexibility index (Phi) is 3.31. The number of rotatable bonds is 3. The summed E-state index contributed by atoms with van der Waals surface area (Å²) in [5.41, 5.74) is 3.82. The van der Waals surface area contributed by atoms with E-state index in [9.17, 15) is 4.79 Å². The Morgan fingerprint density at radius 1 is 1.30 bits per heavy atom. The molecule has 0 saturated heterocycles. The molecule has 0 aliphatic heterocycles. The summed E-state index contributed by atoms with van der Waals surface area (Å²) >= 11 is 5.95. The molecule has 23 heavy (non-hydrogen) atoms. The zero-order valence-corrected chi connectivity index (χ0v) is 13.2. The van der Waals surface area contributed by atoms with Gasteiger partial charge in [0.1, 0.15) is 0 Å². The van der Waals surface area contributed by atoms with Gasteiger partial charge < -0.3 is 4.74 Å². The van der Waals surface area contributed by atoms with Gasteiger partial charge in [0.25, 0.3) is 0 Å². The first-order valence-corrected chi connectivity index (χ1v) is 7.78. The Balaban J connectivity index is 1.94. The Labute approximate surface area is 137 Å². The maximum absolute atomic E-state index is 12.1. The molecule has 1 saturated carbocycles. The minimum atomic E-state index is -0.412. The molecular formula is C17H14ClN3O2. The van der Waals surface area contributed by atoms with E-state index in [0.717, 1.165) is 29.7 Å². The quantitative estimate of drug-likeness (QED) is 0.688. The van der Waals surface area contributed by atoms with Crippen molar-refractivity contribution in [2.45, 2.75) is 18.8 Å². The van der Waals surface area contributed by atoms with Gasteiger partial charge in [-0.2, -0.15) is 5.10 Å². The number of aromatic nitrogens is 3. The van der Waals surface area contributed by atoms with Crippen LogP contribution in [-0.2, 0) is 4.74 Å². The summed E-state index contributed by atoms with van der Waals surface area (Å²) in [4.78, 5) is 16.8. The Morgan fingerprint density at radius 2 is 2.04 bits per heavy atom. The summed E-state index contributed by atoms with van der Waals surface area (Å²) in [6, 6.07) is 9.28. The zero-order chi connectivity index (χ0) is 16.0. The molecule has 0 N–H and O–H groups in total. The molecule has 2 heterocycles. The first-order valence-electron chi connectivity index (χ1n) is 7.40. The first-order chi connectivity index (χ1) is 11.2. The molecule has 1 aliphatic carbocycles. The van der Waals surface area contributed by atoms with Gasteiger partial charge in [-0.1, -0.05) is 23.7 Å². The molecule has 116 valence electrons. The monoisotopic (exact) mass is 327 g/mol. The maximum Gasteiger partial charge on any atom is 0.356 e. The number of esters is 1. The summed E-state index contributed by atoms with van der Waals surface area (Å²) in [6.07, 6.45) is 3.93. The molecule has 4 rings (SSSR count). The number of hydrogen-bond acceptors (Lipinski definition) is 4. The normalized spacial score (nSPS) is 14.2. The zero-order valence-electron chi connectivity index (χ0n) is 12.5. The lowest BCUT2D eigenvalue weighted by Crippen LogP contribution is -2.11. The van der Waals surface area contributed by atoms with Crippen LogP contribution < -0.4 is 0 Å². The van der Waals surface area contributed by atoms with E-state index in [1.54, 1.807) is 16.8 Å². The van der Waals surface area contributed by atoms with Gasteiger partial charge in [0.05, 0.1) is 13.3 Å². The number of ether oxygens (including phenoxy) is 1. The molecule has 1 aliphatic rings. The smallest absolute Gasteiger partial charge is 0.356 e. The molecule has 1 fully saturated rings. The highest BCUT2D eigenvalue weighted by Gasteiger charge is 2.28. The first kappa shape index (κ1) is 14.2. The predicted octanol–water partition coefficient (Wildman–Crippen LogP) is 3.71. The van der Waals surface area contributed by atoms with Crippen LogP contribution in [0.1, 0.15) is 34.9 Å². The van der Waals surface area contributed by atoms with Crippen LogP contribution in [0.15, 0.2) is 36.5 Å². The highest BCUT2D eigenvalue weighted by Crippen LogP contribution is 2.40. The van der Waals surface area contributed by atoms with Crippen LogP contribution in [0.5, 0.6) is 0 Å². The van der Waals surface area contributed by atoms with E-state index in [1.165, 1.54) is 7.11 Å². The molecule has 1 aromatic carbocycles. The van der Waals surface area contributed by atoms with Gasteiger partial charge in [0.15, 0.2) is 11.3 Å². The van der Waals surface area contributed by atoms with Crippen LogP contribution in [0.2, 0.25) is 5.02 Å². The van der Waals surface area contributed by atoms with Crippen molar-refractivity contribution in [1.82, 2.24) is 14.6 Å². The Bertz CT molecular complexity index is 898. The summed E-state index contributed by atoms with van der Waals surface area (Å²) in [5, 5.41) is 5.00. The fourth-order valence-electron chi connectivity index (χ4n) is 2.65.